The lowest BCUT2D eigenvalue weighted by atomic mass is 9.88. The van der Waals surface area contributed by atoms with Crippen LogP contribution in [-0.4, -0.2) is 16.9 Å². The molecule has 1 aliphatic carbocycles. The summed E-state index contributed by atoms with van der Waals surface area (Å²) in [6, 6.07) is 17.2. The lowest BCUT2D eigenvalue weighted by Crippen LogP contribution is -2.39. The SMILES string of the molecule is O=C(N[C@@H]1CCc2ccccc2C1)c1cc(=O)[nH]c2ccccc12. The summed E-state index contributed by atoms with van der Waals surface area (Å²) in [5, 5.41) is 3.87. The van der Waals surface area contributed by atoms with Crippen molar-refractivity contribution in [2.45, 2.75) is 25.3 Å². The second-order valence-electron chi connectivity index (χ2n) is 6.27. The molecule has 0 fully saturated rings. The van der Waals surface area contributed by atoms with Gasteiger partial charge in [-0.2, -0.15) is 0 Å². The lowest BCUT2D eigenvalue weighted by molar-refractivity contribution is 0.0935. The molecule has 1 heterocycles. The third-order valence-corrected chi connectivity index (χ3v) is 4.68. The van der Waals surface area contributed by atoms with E-state index in [1.807, 2.05) is 30.3 Å². The number of aryl methyl sites for hydroxylation is 1. The third kappa shape index (κ3) is 2.71. The van der Waals surface area contributed by atoms with Crippen molar-refractivity contribution in [1.82, 2.24) is 10.3 Å². The maximum absolute atomic E-state index is 12.7. The van der Waals surface area contributed by atoms with Gasteiger partial charge in [0.1, 0.15) is 0 Å². The number of carbonyl (C=O) groups is 1. The molecule has 3 aromatic rings. The Hall–Kier alpha value is -2.88. The number of aromatic nitrogens is 1. The number of hydrogen-bond donors (Lipinski definition) is 2. The summed E-state index contributed by atoms with van der Waals surface area (Å²) >= 11 is 0. The number of benzene rings is 2. The van der Waals surface area contributed by atoms with Gasteiger partial charge in [0, 0.05) is 23.0 Å². The van der Waals surface area contributed by atoms with Crippen LogP contribution in [0.25, 0.3) is 10.9 Å². The number of amides is 1. The largest absolute Gasteiger partial charge is 0.349 e. The van der Waals surface area contributed by atoms with Crippen molar-refractivity contribution in [3.63, 3.8) is 0 Å². The van der Waals surface area contributed by atoms with E-state index in [-0.39, 0.29) is 17.5 Å². The van der Waals surface area contributed by atoms with Gasteiger partial charge in [-0.3, -0.25) is 9.59 Å². The Labute approximate surface area is 139 Å². The number of nitrogens with one attached hydrogen (secondary N) is 2. The number of fused-ring (bicyclic) bond motifs is 2. The molecule has 1 aliphatic rings. The molecule has 0 bridgehead atoms. The molecule has 0 saturated carbocycles. The molecule has 4 nitrogen and oxygen atoms in total. The molecule has 24 heavy (non-hydrogen) atoms. The van der Waals surface area contributed by atoms with E-state index < -0.39 is 0 Å². The van der Waals surface area contributed by atoms with Crippen LogP contribution in [-0.2, 0) is 12.8 Å². The third-order valence-electron chi connectivity index (χ3n) is 4.68. The smallest absolute Gasteiger partial charge is 0.252 e. The topological polar surface area (TPSA) is 62.0 Å². The Morgan fingerprint density at radius 3 is 2.67 bits per heavy atom. The predicted octanol–water partition coefficient (Wildman–Crippen LogP) is 2.82. The molecule has 0 saturated heterocycles. The van der Waals surface area contributed by atoms with E-state index in [9.17, 15) is 9.59 Å². The number of aromatic amines is 1. The summed E-state index contributed by atoms with van der Waals surface area (Å²) in [5.41, 5.74) is 3.53. The number of rotatable bonds is 2. The van der Waals surface area contributed by atoms with Gasteiger partial charge in [0.15, 0.2) is 0 Å². The first-order chi connectivity index (χ1) is 11.7. The zero-order valence-corrected chi connectivity index (χ0v) is 13.2. The molecule has 2 N–H and O–H groups in total. The van der Waals surface area contributed by atoms with Gasteiger partial charge in [-0.25, -0.2) is 0 Å². The van der Waals surface area contributed by atoms with E-state index in [1.54, 1.807) is 0 Å². The van der Waals surface area contributed by atoms with Gasteiger partial charge < -0.3 is 10.3 Å². The van der Waals surface area contributed by atoms with E-state index in [2.05, 4.69) is 28.5 Å². The van der Waals surface area contributed by atoms with E-state index in [1.165, 1.54) is 17.2 Å². The normalized spacial score (nSPS) is 16.6. The Morgan fingerprint density at radius 1 is 1.04 bits per heavy atom. The van der Waals surface area contributed by atoms with Gasteiger partial charge in [-0.15, -0.1) is 0 Å². The molecule has 1 aromatic heterocycles. The molecule has 1 amide bonds. The number of H-pyrrole nitrogens is 1. The average molecular weight is 318 g/mol. The summed E-state index contributed by atoms with van der Waals surface area (Å²) in [7, 11) is 0. The van der Waals surface area contributed by atoms with Crippen molar-refractivity contribution < 1.29 is 4.79 Å². The summed E-state index contributed by atoms with van der Waals surface area (Å²) in [5.74, 6) is -0.179. The van der Waals surface area contributed by atoms with Gasteiger partial charge in [0.25, 0.3) is 5.91 Å². The van der Waals surface area contributed by atoms with Crippen molar-refractivity contribution in [3.8, 4) is 0 Å². The fraction of sp³-hybridized carbons (Fsp3) is 0.200. The number of para-hydroxylation sites is 1. The second kappa shape index (κ2) is 5.96. The van der Waals surface area contributed by atoms with E-state index >= 15 is 0 Å². The number of pyridine rings is 1. The molecule has 1 atom stereocenters. The molecule has 4 heteroatoms. The molecular formula is C20H18N2O2. The van der Waals surface area contributed by atoms with Crippen LogP contribution < -0.4 is 10.9 Å². The van der Waals surface area contributed by atoms with Gasteiger partial charge in [-0.1, -0.05) is 42.5 Å². The summed E-state index contributed by atoms with van der Waals surface area (Å²) in [4.78, 5) is 27.3. The van der Waals surface area contributed by atoms with Crippen LogP contribution >= 0.6 is 0 Å². The Balaban J connectivity index is 1.61. The summed E-state index contributed by atoms with van der Waals surface area (Å²) in [6.45, 7) is 0. The van der Waals surface area contributed by atoms with E-state index in [0.717, 1.165) is 24.6 Å². The van der Waals surface area contributed by atoms with Gasteiger partial charge in [0.05, 0.1) is 5.56 Å². The fourth-order valence-corrected chi connectivity index (χ4v) is 3.48. The Bertz CT molecular complexity index is 975. The highest BCUT2D eigenvalue weighted by Crippen LogP contribution is 2.22. The van der Waals surface area contributed by atoms with Crippen molar-refractivity contribution in [3.05, 3.63) is 81.6 Å². The van der Waals surface area contributed by atoms with E-state index in [4.69, 9.17) is 0 Å². The minimum absolute atomic E-state index is 0.102. The zero-order valence-electron chi connectivity index (χ0n) is 13.2. The monoisotopic (exact) mass is 318 g/mol. The Kier molecular flexibility index (Phi) is 3.65. The predicted molar refractivity (Wildman–Crippen MR) is 94.3 cm³/mol. The standard InChI is InChI=1S/C20H18N2O2/c23-19-12-17(16-7-3-4-8-18(16)22-19)20(24)21-15-10-9-13-5-1-2-6-14(13)11-15/h1-8,12,15H,9-11H2,(H,21,24)(H,22,23)/t15-/m1/s1. The molecule has 0 spiro atoms. The molecular weight excluding hydrogens is 300 g/mol. The van der Waals surface area contributed by atoms with Gasteiger partial charge >= 0.3 is 0 Å². The number of hydrogen-bond acceptors (Lipinski definition) is 2. The zero-order chi connectivity index (χ0) is 16.5. The maximum atomic E-state index is 12.7. The fourth-order valence-electron chi connectivity index (χ4n) is 3.48. The van der Waals surface area contributed by atoms with Crippen LogP contribution in [0.2, 0.25) is 0 Å². The highest BCUT2D eigenvalue weighted by atomic mass is 16.2. The first-order valence-corrected chi connectivity index (χ1v) is 8.20. The molecule has 0 aliphatic heterocycles. The summed E-state index contributed by atoms with van der Waals surface area (Å²) < 4.78 is 0. The van der Waals surface area contributed by atoms with Gasteiger partial charge in [-0.05, 0) is 36.5 Å². The molecule has 0 unspecified atom stereocenters. The van der Waals surface area contributed by atoms with Crippen molar-refractivity contribution in [1.29, 1.82) is 0 Å². The van der Waals surface area contributed by atoms with Crippen molar-refractivity contribution >= 4 is 16.8 Å². The minimum Gasteiger partial charge on any atom is -0.349 e. The first-order valence-electron chi connectivity index (χ1n) is 8.20. The minimum atomic E-state index is -0.257. The maximum Gasteiger partial charge on any atom is 0.252 e. The lowest BCUT2D eigenvalue weighted by Gasteiger charge is -2.25. The molecule has 2 aromatic carbocycles. The van der Waals surface area contributed by atoms with Crippen LogP contribution in [0, 0.1) is 0 Å². The quantitative estimate of drug-likeness (QED) is 0.763. The van der Waals surface area contributed by atoms with Crippen LogP contribution in [0.15, 0.2) is 59.4 Å². The highest BCUT2D eigenvalue weighted by molar-refractivity contribution is 6.06. The van der Waals surface area contributed by atoms with Gasteiger partial charge in [0.2, 0.25) is 5.56 Å². The molecule has 0 radical (unpaired) electrons. The highest BCUT2D eigenvalue weighted by Gasteiger charge is 2.21. The van der Waals surface area contributed by atoms with Crippen LogP contribution in [0.5, 0.6) is 0 Å². The second-order valence-corrected chi connectivity index (χ2v) is 6.27. The van der Waals surface area contributed by atoms with Crippen molar-refractivity contribution in [2.75, 3.05) is 0 Å². The Morgan fingerprint density at radius 2 is 1.79 bits per heavy atom. The number of carbonyl (C=O) groups excluding carboxylic acids is 1. The molecule has 120 valence electrons. The van der Waals surface area contributed by atoms with Crippen LogP contribution in [0.1, 0.15) is 27.9 Å². The van der Waals surface area contributed by atoms with Crippen LogP contribution in [0.3, 0.4) is 0 Å². The first kappa shape index (κ1) is 14.7. The summed E-state index contributed by atoms with van der Waals surface area (Å²) in [6.07, 6.45) is 2.73. The van der Waals surface area contributed by atoms with Crippen molar-refractivity contribution in [2.24, 2.45) is 0 Å². The van der Waals surface area contributed by atoms with E-state index in [0.29, 0.717) is 11.1 Å². The molecule has 4 rings (SSSR count). The van der Waals surface area contributed by atoms with Crippen LogP contribution in [0.4, 0.5) is 0 Å². The average Bonchev–Trinajstić information content (AvgIpc) is 2.60.